The fourth-order valence-electron chi connectivity index (χ4n) is 2.91. The highest BCUT2D eigenvalue weighted by Crippen LogP contribution is 2.36. The molecule has 0 fully saturated rings. The van der Waals surface area contributed by atoms with Gasteiger partial charge in [-0.2, -0.15) is 0 Å². The number of aromatic carboxylic acids is 1. The fourth-order valence-corrected chi connectivity index (χ4v) is 2.91. The summed E-state index contributed by atoms with van der Waals surface area (Å²) in [5.41, 5.74) is 1.52. The number of hydrogen-bond donors (Lipinski definition) is 1. The lowest BCUT2D eigenvalue weighted by Crippen LogP contribution is -2.23. The van der Waals surface area contributed by atoms with Crippen molar-refractivity contribution in [3.63, 3.8) is 0 Å². The van der Waals surface area contributed by atoms with Gasteiger partial charge in [-0.25, -0.2) is 9.78 Å². The quantitative estimate of drug-likeness (QED) is 0.677. The zero-order valence-electron chi connectivity index (χ0n) is 14.2. The molecule has 126 valence electrons. The highest BCUT2D eigenvalue weighted by Gasteiger charge is 2.26. The van der Waals surface area contributed by atoms with Crippen molar-refractivity contribution in [3.05, 3.63) is 66.4 Å². The molecule has 0 atom stereocenters. The average molecular weight is 325 g/mol. The van der Waals surface area contributed by atoms with E-state index in [0.717, 1.165) is 19.3 Å². The molecule has 24 heavy (non-hydrogen) atoms. The molecule has 4 heteroatoms. The zero-order valence-corrected chi connectivity index (χ0v) is 14.2. The number of carboxylic acids is 1. The van der Waals surface area contributed by atoms with Crippen LogP contribution in [0.25, 0.3) is 0 Å². The van der Waals surface area contributed by atoms with Gasteiger partial charge in [-0.15, -0.1) is 6.58 Å². The Morgan fingerprint density at radius 3 is 2.33 bits per heavy atom. The van der Waals surface area contributed by atoms with Crippen LogP contribution < -0.4 is 4.74 Å². The molecule has 1 aromatic heterocycles. The Kier molecular flexibility index (Phi) is 5.74. The molecule has 0 saturated heterocycles. The van der Waals surface area contributed by atoms with E-state index in [9.17, 15) is 4.79 Å². The van der Waals surface area contributed by atoms with E-state index in [4.69, 9.17) is 9.84 Å². The van der Waals surface area contributed by atoms with E-state index in [1.165, 1.54) is 17.8 Å². The van der Waals surface area contributed by atoms with E-state index in [-0.39, 0.29) is 11.0 Å². The monoisotopic (exact) mass is 325 g/mol. The summed E-state index contributed by atoms with van der Waals surface area (Å²) >= 11 is 0. The number of benzene rings is 1. The SMILES string of the molecule is C=CCC(CC)(CC)c1ccc(Oc2ccc(C(=O)O)cn2)cc1. The summed E-state index contributed by atoms with van der Waals surface area (Å²) < 4.78 is 5.68. The van der Waals surface area contributed by atoms with Crippen LogP contribution >= 0.6 is 0 Å². The van der Waals surface area contributed by atoms with Crippen LogP contribution in [0.3, 0.4) is 0 Å². The fraction of sp³-hybridized carbons (Fsp3) is 0.300. The van der Waals surface area contributed by atoms with Crippen LogP contribution in [0, 0.1) is 0 Å². The number of carboxylic acid groups (broad SMARTS) is 1. The van der Waals surface area contributed by atoms with Gasteiger partial charge in [-0.3, -0.25) is 0 Å². The van der Waals surface area contributed by atoms with Gasteiger partial charge in [-0.05, 0) is 48.4 Å². The number of pyridine rings is 1. The second-order valence-corrected chi connectivity index (χ2v) is 5.80. The number of aromatic nitrogens is 1. The molecular formula is C20H23NO3. The number of ether oxygens (including phenoxy) is 1. The summed E-state index contributed by atoms with van der Waals surface area (Å²) in [6, 6.07) is 11.0. The van der Waals surface area contributed by atoms with Crippen molar-refractivity contribution in [3.8, 4) is 11.6 Å². The van der Waals surface area contributed by atoms with Gasteiger partial charge >= 0.3 is 5.97 Å². The van der Waals surface area contributed by atoms with Crippen LogP contribution in [0.5, 0.6) is 11.6 Å². The van der Waals surface area contributed by atoms with Crippen molar-refractivity contribution in [1.82, 2.24) is 4.98 Å². The topological polar surface area (TPSA) is 59.4 Å². The van der Waals surface area contributed by atoms with E-state index in [0.29, 0.717) is 11.6 Å². The molecule has 0 unspecified atom stereocenters. The summed E-state index contributed by atoms with van der Waals surface area (Å²) in [4.78, 5) is 14.8. The Balaban J connectivity index is 2.16. The minimum Gasteiger partial charge on any atom is -0.478 e. The lowest BCUT2D eigenvalue weighted by molar-refractivity contribution is 0.0696. The maximum Gasteiger partial charge on any atom is 0.337 e. The minimum atomic E-state index is -1.00. The van der Waals surface area contributed by atoms with Gasteiger partial charge in [0, 0.05) is 12.3 Å². The third-order valence-electron chi connectivity index (χ3n) is 4.56. The van der Waals surface area contributed by atoms with Crippen molar-refractivity contribution < 1.29 is 14.6 Å². The smallest absolute Gasteiger partial charge is 0.337 e. The molecular weight excluding hydrogens is 302 g/mol. The van der Waals surface area contributed by atoms with Crippen molar-refractivity contribution in [2.75, 3.05) is 0 Å². The van der Waals surface area contributed by atoms with Gasteiger partial charge in [0.2, 0.25) is 5.88 Å². The molecule has 0 aliphatic rings. The molecule has 1 aromatic carbocycles. The predicted molar refractivity (Wildman–Crippen MR) is 94.8 cm³/mol. The minimum absolute atomic E-state index is 0.113. The van der Waals surface area contributed by atoms with Crippen LogP contribution in [0.2, 0.25) is 0 Å². The second kappa shape index (κ2) is 7.77. The molecule has 0 aliphatic carbocycles. The van der Waals surface area contributed by atoms with Gasteiger partial charge in [0.1, 0.15) is 5.75 Å². The predicted octanol–water partition coefficient (Wildman–Crippen LogP) is 5.21. The van der Waals surface area contributed by atoms with E-state index in [1.54, 1.807) is 6.07 Å². The number of hydrogen-bond acceptors (Lipinski definition) is 3. The molecule has 1 heterocycles. The molecule has 0 bridgehead atoms. The van der Waals surface area contributed by atoms with Crippen LogP contribution in [-0.4, -0.2) is 16.1 Å². The standard InChI is InChI=1S/C20H23NO3/c1-4-13-20(5-2,6-3)16-8-10-17(11-9-16)24-18-12-7-15(14-21-18)19(22)23/h4,7-12,14H,1,5-6,13H2,2-3H3,(H,22,23). The Hall–Kier alpha value is -2.62. The van der Waals surface area contributed by atoms with Crippen LogP contribution in [-0.2, 0) is 5.41 Å². The van der Waals surface area contributed by atoms with Crippen LogP contribution in [0.4, 0.5) is 0 Å². The van der Waals surface area contributed by atoms with E-state index in [2.05, 4.69) is 37.5 Å². The van der Waals surface area contributed by atoms with Gasteiger partial charge in [0.15, 0.2) is 0 Å². The highest BCUT2D eigenvalue weighted by atomic mass is 16.5. The number of carbonyl (C=O) groups is 1. The summed E-state index contributed by atoms with van der Waals surface area (Å²) in [6.45, 7) is 8.28. The molecule has 0 aliphatic heterocycles. The van der Waals surface area contributed by atoms with Crippen molar-refractivity contribution in [2.24, 2.45) is 0 Å². The molecule has 2 rings (SSSR count). The first-order valence-electron chi connectivity index (χ1n) is 8.13. The Bertz CT molecular complexity index is 686. The lowest BCUT2D eigenvalue weighted by Gasteiger charge is -2.31. The number of allylic oxidation sites excluding steroid dienone is 1. The zero-order chi connectivity index (χ0) is 17.6. The molecule has 0 radical (unpaired) electrons. The van der Waals surface area contributed by atoms with E-state index >= 15 is 0 Å². The maximum atomic E-state index is 10.8. The lowest BCUT2D eigenvalue weighted by atomic mass is 9.73. The summed E-state index contributed by atoms with van der Waals surface area (Å²) in [5, 5.41) is 8.87. The van der Waals surface area contributed by atoms with Gasteiger partial charge < -0.3 is 9.84 Å². The number of rotatable bonds is 8. The normalized spacial score (nSPS) is 11.1. The van der Waals surface area contributed by atoms with Crippen LogP contribution in [0.1, 0.15) is 49.0 Å². The van der Waals surface area contributed by atoms with Crippen molar-refractivity contribution >= 4 is 5.97 Å². The average Bonchev–Trinajstić information content (AvgIpc) is 2.61. The van der Waals surface area contributed by atoms with Gasteiger partial charge in [0.05, 0.1) is 5.56 Å². The molecule has 0 saturated carbocycles. The third-order valence-corrected chi connectivity index (χ3v) is 4.56. The largest absolute Gasteiger partial charge is 0.478 e. The summed E-state index contributed by atoms with van der Waals surface area (Å²) in [5.74, 6) is 0.0428. The van der Waals surface area contributed by atoms with E-state index < -0.39 is 5.97 Å². The molecule has 4 nitrogen and oxygen atoms in total. The first-order valence-corrected chi connectivity index (χ1v) is 8.13. The molecule has 2 aromatic rings. The summed E-state index contributed by atoms with van der Waals surface area (Å²) in [7, 11) is 0. The van der Waals surface area contributed by atoms with Crippen molar-refractivity contribution in [2.45, 2.75) is 38.5 Å². The van der Waals surface area contributed by atoms with Crippen LogP contribution in [0.15, 0.2) is 55.3 Å². The Morgan fingerprint density at radius 1 is 1.21 bits per heavy atom. The second-order valence-electron chi connectivity index (χ2n) is 5.80. The first kappa shape index (κ1) is 17.7. The first-order chi connectivity index (χ1) is 11.5. The van der Waals surface area contributed by atoms with Gasteiger partial charge in [0.25, 0.3) is 0 Å². The van der Waals surface area contributed by atoms with Gasteiger partial charge in [-0.1, -0.05) is 32.1 Å². The molecule has 0 spiro atoms. The summed E-state index contributed by atoms with van der Waals surface area (Å²) in [6.07, 6.45) is 6.31. The molecule has 1 N–H and O–H groups in total. The van der Waals surface area contributed by atoms with E-state index in [1.807, 2.05) is 18.2 Å². The van der Waals surface area contributed by atoms with Crippen molar-refractivity contribution in [1.29, 1.82) is 0 Å². The molecule has 0 amide bonds. The number of nitrogens with zero attached hydrogens (tertiary/aromatic N) is 1. The Labute approximate surface area is 142 Å². The highest BCUT2D eigenvalue weighted by molar-refractivity contribution is 5.87. The third kappa shape index (κ3) is 3.82. The Morgan fingerprint density at radius 2 is 1.88 bits per heavy atom. The maximum absolute atomic E-state index is 10.8.